The lowest BCUT2D eigenvalue weighted by atomic mass is 10.6. The molecule has 0 bridgehead atoms. The molecular formula is C6H7F3N2S. The van der Waals surface area contributed by atoms with Crippen LogP contribution in [0.4, 0.5) is 18.3 Å². The van der Waals surface area contributed by atoms with Crippen molar-refractivity contribution in [3.8, 4) is 0 Å². The van der Waals surface area contributed by atoms with Crippen LogP contribution in [0.15, 0.2) is 11.6 Å². The number of hydrogen-bond acceptors (Lipinski definition) is 3. The standard InChI is InChI=1S/C6H7F3N2S/c1-11(4-6(7,8)9)5-10-2-3-12-5/h2-3H,4H2,1H3. The fourth-order valence-corrected chi connectivity index (χ4v) is 1.35. The topological polar surface area (TPSA) is 16.1 Å². The Kier molecular flexibility index (Phi) is 2.56. The summed E-state index contributed by atoms with van der Waals surface area (Å²) in [7, 11) is 1.37. The number of thiazole rings is 1. The average Bonchev–Trinajstić information content (AvgIpc) is 2.32. The van der Waals surface area contributed by atoms with Crippen molar-refractivity contribution in [3.63, 3.8) is 0 Å². The molecule has 1 aromatic heterocycles. The third kappa shape index (κ3) is 2.69. The third-order valence-electron chi connectivity index (χ3n) is 1.16. The highest BCUT2D eigenvalue weighted by atomic mass is 32.1. The Hall–Kier alpha value is -0.780. The largest absolute Gasteiger partial charge is 0.405 e. The highest BCUT2D eigenvalue weighted by Gasteiger charge is 2.29. The van der Waals surface area contributed by atoms with E-state index >= 15 is 0 Å². The maximum absolute atomic E-state index is 11.8. The van der Waals surface area contributed by atoms with Gasteiger partial charge in [0.05, 0.1) is 0 Å². The first-order valence-electron chi connectivity index (χ1n) is 3.16. The molecule has 2 nitrogen and oxygen atoms in total. The van der Waals surface area contributed by atoms with Gasteiger partial charge in [0.2, 0.25) is 0 Å². The number of aromatic nitrogens is 1. The SMILES string of the molecule is CN(CC(F)(F)F)c1nccs1. The Morgan fingerprint density at radius 2 is 2.25 bits per heavy atom. The van der Waals surface area contributed by atoms with E-state index in [-0.39, 0.29) is 0 Å². The number of rotatable bonds is 2. The van der Waals surface area contributed by atoms with E-state index in [0.29, 0.717) is 5.13 Å². The molecule has 0 aromatic carbocycles. The molecule has 0 saturated heterocycles. The summed E-state index contributed by atoms with van der Waals surface area (Å²) >= 11 is 1.19. The number of anilines is 1. The molecule has 0 aliphatic heterocycles. The van der Waals surface area contributed by atoms with Crippen LogP contribution in [-0.2, 0) is 0 Å². The van der Waals surface area contributed by atoms with Gasteiger partial charge in [-0.25, -0.2) is 4.98 Å². The van der Waals surface area contributed by atoms with E-state index in [1.807, 2.05) is 0 Å². The van der Waals surface area contributed by atoms with E-state index < -0.39 is 12.7 Å². The van der Waals surface area contributed by atoms with Gasteiger partial charge in [-0.3, -0.25) is 0 Å². The summed E-state index contributed by atoms with van der Waals surface area (Å²) in [5, 5.41) is 2.02. The van der Waals surface area contributed by atoms with E-state index in [2.05, 4.69) is 4.98 Å². The molecule has 0 amide bonds. The van der Waals surface area contributed by atoms with Crippen LogP contribution < -0.4 is 4.90 Å². The lowest BCUT2D eigenvalue weighted by Gasteiger charge is -2.17. The van der Waals surface area contributed by atoms with Gasteiger partial charge in [-0.1, -0.05) is 0 Å². The molecule has 1 heterocycles. The first kappa shape index (κ1) is 9.31. The van der Waals surface area contributed by atoms with E-state index in [4.69, 9.17) is 0 Å². The summed E-state index contributed by atoms with van der Waals surface area (Å²) < 4.78 is 35.5. The smallest absolute Gasteiger partial charge is 0.342 e. The van der Waals surface area contributed by atoms with Crippen LogP contribution in [0.25, 0.3) is 0 Å². The average molecular weight is 196 g/mol. The normalized spacial score (nSPS) is 11.7. The number of halogens is 3. The summed E-state index contributed by atoms with van der Waals surface area (Å²) in [6.07, 6.45) is -2.69. The minimum Gasteiger partial charge on any atom is -0.342 e. The Morgan fingerprint density at radius 1 is 1.58 bits per heavy atom. The molecule has 12 heavy (non-hydrogen) atoms. The van der Waals surface area contributed by atoms with Crippen molar-refractivity contribution in [1.82, 2.24) is 4.98 Å². The molecule has 0 unspecified atom stereocenters. The van der Waals surface area contributed by atoms with Crippen LogP contribution in [0.3, 0.4) is 0 Å². The Bertz CT molecular complexity index is 231. The van der Waals surface area contributed by atoms with E-state index in [1.165, 1.54) is 24.6 Å². The predicted octanol–water partition coefficient (Wildman–Crippen LogP) is 2.14. The van der Waals surface area contributed by atoms with Crippen LogP contribution in [0, 0.1) is 0 Å². The maximum Gasteiger partial charge on any atom is 0.405 e. The van der Waals surface area contributed by atoms with Crippen molar-refractivity contribution in [2.24, 2.45) is 0 Å². The van der Waals surface area contributed by atoms with Crippen LogP contribution in [0.1, 0.15) is 0 Å². The summed E-state index contributed by atoms with van der Waals surface area (Å²) in [4.78, 5) is 4.82. The predicted molar refractivity (Wildman–Crippen MR) is 41.4 cm³/mol. The molecule has 0 aliphatic rings. The molecule has 0 N–H and O–H groups in total. The molecule has 0 spiro atoms. The molecule has 68 valence electrons. The van der Waals surface area contributed by atoms with Crippen LogP contribution in [0.2, 0.25) is 0 Å². The molecule has 1 rings (SSSR count). The van der Waals surface area contributed by atoms with Crippen LogP contribution in [-0.4, -0.2) is 24.8 Å². The zero-order chi connectivity index (χ0) is 9.19. The number of nitrogens with zero attached hydrogens (tertiary/aromatic N) is 2. The fourth-order valence-electron chi connectivity index (χ4n) is 0.741. The van der Waals surface area contributed by atoms with Crippen molar-refractivity contribution < 1.29 is 13.2 Å². The lowest BCUT2D eigenvalue weighted by molar-refractivity contribution is -0.119. The highest BCUT2D eigenvalue weighted by Crippen LogP contribution is 2.21. The van der Waals surface area contributed by atoms with E-state index in [9.17, 15) is 13.2 Å². The van der Waals surface area contributed by atoms with Gasteiger partial charge in [0.25, 0.3) is 0 Å². The van der Waals surface area contributed by atoms with Crippen molar-refractivity contribution >= 4 is 16.5 Å². The number of alkyl halides is 3. The van der Waals surface area contributed by atoms with Crippen molar-refractivity contribution in [2.45, 2.75) is 6.18 Å². The zero-order valence-electron chi connectivity index (χ0n) is 6.30. The Labute approximate surface area is 71.6 Å². The quantitative estimate of drug-likeness (QED) is 0.720. The highest BCUT2D eigenvalue weighted by molar-refractivity contribution is 7.13. The van der Waals surface area contributed by atoms with Gasteiger partial charge in [-0.2, -0.15) is 13.2 Å². The van der Waals surface area contributed by atoms with Gasteiger partial charge < -0.3 is 4.90 Å². The number of hydrogen-bond donors (Lipinski definition) is 0. The van der Waals surface area contributed by atoms with Crippen molar-refractivity contribution in [2.75, 3.05) is 18.5 Å². The first-order valence-corrected chi connectivity index (χ1v) is 4.04. The van der Waals surface area contributed by atoms with Gasteiger partial charge in [-0.15, -0.1) is 11.3 Å². The second-order valence-electron chi connectivity index (χ2n) is 2.29. The molecule has 0 saturated carbocycles. The van der Waals surface area contributed by atoms with Gasteiger partial charge in [0.1, 0.15) is 6.54 Å². The van der Waals surface area contributed by atoms with Gasteiger partial charge in [-0.05, 0) is 0 Å². The minimum atomic E-state index is -4.17. The van der Waals surface area contributed by atoms with Gasteiger partial charge in [0.15, 0.2) is 5.13 Å². The molecule has 0 radical (unpaired) electrons. The van der Waals surface area contributed by atoms with Gasteiger partial charge >= 0.3 is 6.18 Å². The van der Waals surface area contributed by atoms with Crippen LogP contribution in [0.5, 0.6) is 0 Å². The fraction of sp³-hybridized carbons (Fsp3) is 0.500. The zero-order valence-corrected chi connectivity index (χ0v) is 7.11. The first-order chi connectivity index (χ1) is 5.49. The molecule has 0 aliphatic carbocycles. The van der Waals surface area contributed by atoms with Crippen molar-refractivity contribution in [3.05, 3.63) is 11.6 Å². The minimum absolute atomic E-state index is 0.382. The Balaban J connectivity index is 2.56. The molecule has 1 aromatic rings. The molecule has 0 fully saturated rings. The maximum atomic E-state index is 11.8. The summed E-state index contributed by atoms with van der Waals surface area (Å²) in [6.45, 7) is -0.958. The summed E-state index contributed by atoms with van der Waals surface area (Å²) in [5.41, 5.74) is 0. The van der Waals surface area contributed by atoms with Gasteiger partial charge in [0, 0.05) is 18.6 Å². The molecular weight excluding hydrogens is 189 g/mol. The molecule has 6 heteroatoms. The van der Waals surface area contributed by atoms with E-state index in [0.717, 1.165) is 4.90 Å². The van der Waals surface area contributed by atoms with Crippen LogP contribution >= 0.6 is 11.3 Å². The summed E-state index contributed by atoms with van der Waals surface area (Å²) in [5.74, 6) is 0. The van der Waals surface area contributed by atoms with E-state index in [1.54, 1.807) is 5.38 Å². The second-order valence-corrected chi connectivity index (χ2v) is 3.16. The lowest BCUT2D eigenvalue weighted by Crippen LogP contribution is -2.30. The van der Waals surface area contributed by atoms with Crippen molar-refractivity contribution in [1.29, 1.82) is 0 Å². The molecule has 0 atom stereocenters. The summed E-state index contributed by atoms with van der Waals surface area (Å²) in [6, 6.07) is 0. The second kappa shape index (κ2) is 3.30. The third-order valence-corrected chi connectivity index (χ3v) is 2.05. The monoisotopic (exact) mass is 196 g/mol. The Morgan fingerprint density at radius 3 is 2.67 bits per heavy atom.